The molecule has 0 radical (unpaired) electrons. The molecule has 0 heterocycles. The smallest absolute Gasteiger partial charge is 0.341 e. The van der Waals surface area contributed by atoms with Crippen molar-refractivity contribution in [3.05, 3.63) is 59.7 Å². The van der Waals surface area contributed by atoms with Crippen LogP contribution in [0.5, 0.6) is 5.75 Å². The summed E-state index contributed by atoms with van der Waals surface area (Å²) in [5.74, 6) is -0.470. The molecule has 0 spiro atoms. The van der Waals surface area contributed by atoms with Crippen molar-refractivity contribution >= 4 is 17.9 Å². The van der Waals surface area contributed by atoms with Crippen molar-refractivity contribution in [1.29, 1.82) is 0 Å². The van der Waals surface area contributed by atoms with E-state index in [1.54, 1.807) is 18.3 Å². The fourth-order valence-corrected chi connectivity index (χ4v) is 1.98. The van der Waals surface area contributed by atoms with Crippen LogP contribution in [0.2, 0.25) is 0 Å². The molecule has 2 rings (SSSR count). The minimum atomic E-state index is -0.993. The molecular weight excluding hydrogens is 292 g/mol. The van der Waals surface area contributed by atoms with E-state index in [9.17, 15) is 4.79 Å². The molecule has 0 aliphatic carbocycles. The molecule has 120 valence electrons. The molecule has 23 heavy (non-hydrogen) atoms. The lowest BCUT2D eigenvalue weighted by molar-refractivity contribution is -0.139. The predicted octanol–water partition coefficient (Wildman–Crippen LogP) is 3.32. The zero-order valence-corrected chi connectivity index (χ0v) is 13.3. The largest absolute Gasteiger partial charge is 0.482 e. The maximum Gasteiger partial charge on any atom is 0.341 e. The van der Waals surface area contributed by atoms with Crippen LogP contribution in [0.1, 0.15) is 18.1 Å². The van der Waals surface area contributed by atoms with E-state index in [2.05, 4.69) is 24.2 Å². The van der Waals surface area contributed by atoms with Crippen LogP contribution in [0.15, 0.2) is 53.6 Å². The Bertz CT molecular complexity index is 664. The lowest BCUT2D eigenvalue weighted by Gasteiger charge is -2.16. The Kier molecular flexibility index (Phi) is 5.74. The van der Waals surface area contributed by atoms with Crippen molar-refractivity contribution in [3.8, 4) is 5.75 Å². The molecule has 0 aliphatic rings. The van der Waals surface area contributed by atoms with Crippen LogP contribution in [0.4, 0.5) is 5.69 Å². The van der Waals surface area contributed by atoms with Crippen molar-refractivity contribution in [2.45, 2.75) is 13.8 Å². The second-order valence-electron chi connectivity index (χ2n) is 5.05. The van der Waals surface area contributed by atoms with Crippen molar-refractivity contribution in [2.75, 3.05) is 18.2 Å². The molecule has 0 amide bonds. The zero-order chi connectivity index (χ0) is 16.7. The molecule has 0 aromatic heterocycles. The summed E-state index contributed by atoms with van der Waals surface area (Å²) in [5, 5.41) is 15.0. The molecule has 0 saturated carbocycles. The van der Waals surface area contributed by atoms with Crippen LogP contribution in [0.3, 0.4) is 0 Å². The number of hydrogen-bond donors (Lipinski definition) is 1. The molecular formula is C18H20N2O3. The van der Waals surface area contributed by atoms with E-state index < -0.39 is 5.97 Å². The number of carboxylic acid groups (broad SMARTS) is 1. The van der Waals surface area contributed by atoms with Gasteiger partial charge in [-0.05, 0) is 55.8 Å². The van der Waals surface area contributed by atoms with E-state index >= 15 is 0 Å². The van der Waals surface area contributed by atoms with Gasteiger partial charge in [0.15, 0.2) is 6.61 Å². The fourth-order valence-electron chi connectivity index (χ4n) is 1.98. The summed E-state index contributed by atoms with van der Waals surface area (Å²) in [6.45, 7) is 4.52. The highest BCUT2D eigenvalue weighted by molar-refractivity contribution is 5.80. The monoisotopic (exact) mass is 312 g/mol. The predicted molar refractivity (Wildman–Crippen MR) is 91.4 cm³/mol. The minimum absolute atomic E-state index is 0.343. The molecule has 0 atom stereocenters. The van der Waals surface area contributed by atoms with Crippen LogP contribution in [-0.4, -0.2) is 30.4 Å². The summed E-state index contributed by atoms with van der Waals surface area (Å²) in [6, 6.07) is 15.3. The molecule has 5 nitrogen and oxygen atoms in total. The molecule has 2 aromatic rings. The molecule has 5 heteroatoms. The third-order valence-electron chi connectivity index (χ3n) is 3.22. The lowest BCUT2D eigenvalue weighted by atomic mass is 10.2. The first-order valence-electron chi connectivity index (χ1n) is 7.41. The number of hydrogen-bond acceptors (Lipinski definition) is 4. The molecule has 0 saturated heterocycles. The maximum atomic E-state index is 10.5. The number of aryl methyl sites for hydroxylation is 1. The Balaban J connectivity index is 2.02. The highest BCUT2D eigenvalue weighted by Crippen LogP contribution is 2.16. The normalized spacial score (nSPS) is 10.7. The van der Waals surface area contributed by atoms with Gasteiger partial charge >= 0.3 is 5.97 Å². The zero-order valence-electron chi connectivity index (χ0n) is 13.3. The first-order chi connectivity index (χ1) is 11.1. The average molecular weight is 312 g/mol. The van der Waals surface area contributed by atoms with Gasteiger partial charge in [-0.15, -0.1) is 0 Å². The third kappa shape index (κ3) is 5.14. The van der Waals surface area contributed by atoms with E-state index in [4.69, 9.17) is 9.84 Å². The Labute approximate surface area is 135 Å². The van der Waals surface area contributed by atoms with Crippen molar-refractivity contribution in [2.24, 2.45) is 5.10 Å². The maximum absolute atomic E-state index is 10.5. The van der Waals surface area contributed by atoms with Crippen LogP contribution in [-0.2, 0) is 4.79 Å². The van der Waals surface area contributed by atoms with Gasteiger partial charge in [0, 0.05) is 6.54 Å². The van der Waals surface area contributed by atoms with Gasteiger partial charge in [0.05, 0.1) is 11.9 Å². The van der Waals surface area contributed by atoms with Gasteiger partial charge < -0.3 is 9.84 Å². The fraction of sp³-hybridized carbons (Fsp3) is 0.222. The number of carbonyl (C=O) groups is 1. The van der Waals surface area contributed by atoms with E-state index in [-0.39, 0.29) is 6.61 Å². The summed E-state index contributed by atoms with van der Waals surface area (Å²) in [6.07, 6.45) is 1.77. The molecule has 0 fully saturated rings. The second-order valence-corrected chi connectivity index (χ2v) is 5.05. The van der Waals surface area contributed by atoms with E-state index in [1.165, 1.54) is 5.56 Å². The summed E-state index contributed by atoms with van der Waals surface area (Å²) < 4.78 is 5.10. The van der Waals surface area contributed by atoms with E-state index in [0.29, 0.717) is 5.75 Å². The minimum Gasteiger partial charge on any atom is -0.482 e. The van der Waals surface area contributed by atoms with Gasteiger partial charge in [0.25, 0.3) is 0 Å². The number of benzene rings is 2. The average Bonchev–Trinajstić information content (AvgIpc) is 2.56. The number of nitrogens with zero attached hydrogens (tertiary/aromatic N) is 2. The van der Waals surface area contributed by atoms with E-state index in [0.717, 1.165) is 17.8 Å². The first-order valence-corrected chi connectivity index (χ1v) is 7.41. The molecule has 2 aromatic carbocycles. The first kappa shape index (κ1) is 16.5. The van der Waals surface area contributed by atoms with Gasteiger partial charge in [0.1, 0.15) is 5.75 Å². The van der Waals surface area contributed by atoms with Crippen molar-refractivity contribution in [3.63, 3.8) is 0 Å². The van der Waals surface area contributed by atoms with Crippen LogP contribution in [0, 0.1) is 6.92 Å². The third-order valence-corrected chi connectivity index (χ3v) is 3.22. The summed E-state index contributed by atoms with van der Waals surface area (Å²) in [7, 11) is 0. The molecule has 0 bridgehead atoms. The van der Waals surface area contributed by atoms with Gasteiger partial charge in [0.2, 0.25) is 0 Å². The number of carboxylic acids is 1. The van der Waals surface area contributed by atoms with Crippen LogP contribution >= 0.6 is 0 Å². The quantitative estimate of drug-likeness (QED) is 0.629. The summed E-state index contributed by atoms with van der Waals surface area (Å²) in [4.78, 5) is 10.5. The van der Waals surface area contributed by atoms with Crippen molar-refractivity contribution in [1.82, 2.24) is 0 Å². The number of aliphatic carboxylic acids is 1. The molecule has 0 aliphatic heterocycles. The number of anilines is 1. The van der Waals surface area contributed by atoms with E-state index in [1.807, 2.05) is 36.2 Å². The Hall–Kier alpha value is -2.82. The topological polar surface area (TPSA) is 62.1 Å². The Morgan fingerprint density at radius 3 is 2.39 bits per heavy atom. The summed E-state index contributed by atoms with van der Waals surface area (Å²) in [5.41, 5.74) is 3.17. The number of ether oxygens (including phenoxy) is 1. The molecule has 1 N–H and O–H groups in total. The summed E-state index contributed by atoms with van der Waals surface area (Å²) >= 11 is 0. The van der Waals surface area contributed by atoms with Crippen molar-refractivity contribution < 1.29 is 14.6 Å². The standard InChI is InChI=1S/C18H20N2O3/c1-3-20(16-8-4-14(2)5-9-16)19-12-15-6-10-17(11-7-15)23-13-18(21)22/h4-12H,3,13H2,1-2H3,(H,21,22)/b19-12-. The Morgan fingerprint density at radius 1 is 1.17 bits per heavy atom. The second kappa shape index (κ2) is 7.98. The van der Waals surface area contributed by atoms with Gasteiger partial charge in [-0.2, -0.15) is 5.10 Å². The SMILES string of the molecule is CCN(/N=C\c1ccc(OCC(=O)O)cc1)c1ccc(C)cc1. The highest BCUT2D eigenvalue weighted by atomic mass is 16.5. The van der Waals surface area contributed by atoms with Crippen LogP contribution < -0.4 is 9.75 Å². The van der Waals surface area contributed by atoms with Gasteiger partial charge in [-0.1, -0.05) is 17.7 Å². The van der Waals surface area contributed by atoms with Gasteiger partial charge in [-0.25, -0.2) is 4.79 Å². The Morgan fingerprint density at radius 2 is 1.83 bits per heavy atom. The molecule has 0 unspecified atom stereocenters. The number of hydrazone groups is 1. The highest BCUT2D eigenvalue weighted by Gasteiger charge is 2.02. The van der Waals surface area contributed by atoms with Crippen LogP contribution in [0.25, 0.3) is 0 Å². The number of rotatable bonds is 7. The lowest BCUT2D eigenvalue weighted by Crippen LogP contribution is -2.15. The van der Waals surface area contributed by atoms with Gasteiger partial charge in [-0.3, -0.25) is 5.01 Å².